The standard InChI is InChI=1S/C16H25BO3/c1-15(2)16(3,4)20-17(19-15)14(18-5)12-11-13-9-7-6-8-10-13/h6-10,14H,11-12H2,1-5H3. The van der Waals surface area contributed by atoms with E-state index in [1.165, 1.54) is 5.56 Å². The second kappa shape index (κ2) is 5.88. The van der Waals surface area contributed by atoms with Crippen LogP contribution in [0.4, 0.5) is 0 Å². The number of methoxy groups -OCH3 is 1. The van der Waals surface area contributed by atoms with Crippen molar-refractivity contribution in [3.63, 3.8) is 0 Å². The minimum Gasteiger partial charge on any atom is -0.402 e. The van der Waals surface area contributed by atoms with Crippen molar-refractivity contribution in [1.29, 1.82) is 0 Å². The van der Waals surface area contributed by atoms with Gasteiger partial charge in [0.1, 0.15) is 0 Å². The third-order valence-electron chi connectivity index (χ3n) is 4.44. The molecule has 0 bridgehead atoms. The van der Waals surface area contributed by atoms with Crippen LogP contribution in [0.15, 0.2) is 30.3 Å². The molecule has 1 aromatic carbocycles. The quantitative estimate of drug-likeness (QED) is 0.772. The van der Waals surface area contributed by atoms with E-state index in [-0.39, 0.29) is 24.3 Å². The van der Waals surface area contributed by atoms with Crippen molar-refractivity contribution >= 4 is 7.12 Å². The molecule has 1 heterocycles. The first-order chi connectivity index (χ1) is 9.36. The minimum absolute atomic E-state index is 0.0451. The molecule has 0 spiro atoms. The van der Waals surface area contributed by atoms with Gasteiger partial charge < -0.3 is 14.0 Å². The molecule has 3 nitrogen and oxygen atoms in total. The molecule has 0 N–H and O–H groups in total. The van der Waals surface area contributed by atoms with Crippen LogP contribution in [0.2, 0.25) is 0 Å². The summed E-state index contributed by atoms with van der Waals surface area (Å²) in [7, 11) is 1.43. The Hall–Kier alpha value is -0.835. The van der Waals surface area contributed by atoms with E-state index in [0.29, 0.717) is 0 Å². The Bertz CT molecular complexity index is 415. The Balaban J connectivity index is 1.96. The summed E-state index contributed by atoms with van der Waals surface area (Å²) in [5.74, 6) is 0. The van der Waals surface area contributed by atoms with Gasteiger partial charge in [0.15, 0.2) is 0 Å². The van der Waals surface area contributed by atoms with Gasteiger partial charge in [-0.1, -0.05) is 30.3 Å². The molecule has 0 amide bonds. The Morgan fingerprint density at radius 1 is 1.05 bits per heavy atom. The van der Waals surface area contributed by atoms with Gasteiger partial charge >= 0.3 is 7.12 Å². The highest BCUT2D eigenvalue weighted by Crippen LogP contribution is 2.38. The highest BCUT2D eigenvalue weighted by Gasteiger charge is 2.53. The highest BCUT2D eigenvalue weighted by molar-refractivity contribution is 6.47. The van der Waals surface area contributed by atoms with Gasteiger partial charge in [0.05, 0.1) is 17.2 Å². The third kappa shape index (κ3) is 3.25. The Morgan fingerprint density at radius 3 is 2.10 bits per heavy atom. The van der Waals surface area contributed by atoms with E-state index < -0.39 is 0 Å². The molecule has 1 fully saturated rings. The molecule has 110 valence electrons. The molecule has 1 unspecified atom stereocenters. The molecule has 1 aromatic rings. The van der Waals surface area contributed by atoms with Gasteiger partial charge in [0.25, 0.3) is 0 Å². The summed E-state index contributed by atoms with van der Waals surface area (Å²) in [6.45, 7) is 8.27. The predicted octanol–water partition coefficient (Wildman–Crippen LogP) is 3.27. The van der Waals surface area contributed by atoms with Crippen molar-refractivity contribution in [2.24, 2.45) is 0 Å². The van der Waals surface area contributed by atoms with Crippen LogP contribution in [-0.4, -0.2) is 31.4 Å². The van der Waals surface area contributed by atoms with Gasteiger partial charge in [-0.3, -0.25) is 0 Å². The van der Waals surface area contributed by atoms with Gasteiger partial charge in [0.2, 0.25) is 0 Å². The first kappa shape index (κ1) is 15.6. The largest absolute Gasteiger partial charge is 0.488 e. The molecule has 0 saturated carbocycles. The van der Waals surface area contributed by atoms with Gasteiger partial charge in [0, 0.05) is 7.11 Å². The molecule has 1 atom stereocenters. The summed E-state index contributed by atoms with van der Waals surface area (Å²) in [5, 5.41) is 0. The van der Waals surface area contributed by atoms with Crippen molar-refractivity contribution in [3.05, 3.63) is 35.9 Å². The summed E-state index contributed by atoms with van der Waals surface area (Å²) < 4.78 is 17.7. The summed E-state index contributed by atoms with van der Waals surface area (Å²) >= 11 is 0. The van der Waals surface area contributed by atoms with Gasteiger partial charge in [-0.2, -0.15) is 0 Å². The normalized spacial score (nSPS) is 21.9. The Kier molecular flexibility index (Phi) is 4.57. The first-order valence-corrected chi connectivity index (χ1v) is 7.28. The van der Waals surface area contributed by atoms with Crippen molar-refractivity contribution in [2.45, 2.75) is 57.7 Å². The van der Waals surface area contributed by atoms with Crippen LogP contribution < -0.4 is 0 Å². The van der Waals surface area contributed by atoms with E-state index in [1.807, 2.05) is 6.07 Å². The van der Waals surface area contributed by atoms with Crippen LogP contribution >= 0.6 is 0 Å². The fourth-order valence-electron chi connectivity index (χ4n) is 2.36. The molecule has 2 rings (SSSR count). The van der Waals surface area contributed by atoms with Crippen LogP contribution in [0, 0.1) is 0 Å². The number of hydrogen-bond donors (Lipinski definition) is 0. The number of ether oxygens (including phenoxy) is 1. The van der Waals surface area contributed by atoms with Crippen LogP contribution in [0.25, 0.3) is 0 Å². The second-order valence-corrected chi connectivity index (χ2v) is 6.42. The predicted molar refractivity (Wildman–Crippen MR) is 81.6 cm³/mol. The molecule has 1 saturated heterocycles. The molecule has 1 aliphatic rings. The Morgan fingerprint density at radius 2 is 1.60 bits per heavy atom. The van der Waals surface area contributed by atoms with E-state index in [2.05, 4.69) is 52.0 Å². The van der Waals surface area contributed by atoms with Crippen LogP contribution in [0.1, 0.15) is 39.7 Å². The van der Waals surface area contributed by atoms with Crippen LogP contribution in [0.3, 0.4) is 0 Å². The molecule has 1 aliphatic heterocycles. The zero-order valence-electron chi connectivity index (χ0n) is 13.2. The van der Waals surface area contributed by atoms with E-state index in [4.69, 9.17) is 14.0 Å². The average Bonchev–Trinajstić information content (AvgIpc) is 2.60. The minimum atomic E-state index is -0.304. The third-order valence-corrected chi connectivity index (χ3v) is 4.44. The lowest BCUT2D eigenvalue weighted by Crippen LogP contribution is -2.41. The van der Waals surface area contributed by atoms with Crippen LogP contribution in [-0.2, 0) is 20.5 Å². The van der Waals surface area contributed by atoms with E-state index >= 15 is 0 Å². The van der Waals surface area contributed by atoms with Gasteiger partial charge in [-0.15, -0.1) is 0 Å². The van der Waals surface area contributed by atoms with Crippen molar-refractivity contribution in [3.8, 4) is 0 Å². The van der Waals surface area contributed by atoms with Gasteiger partial charge in [-0.25, -0.2) is 0 Å². The topological polar surface area (TPSA) is 27.7 Å². The monoisotopic (exact) mass is 276 g/mol. The fourth-order valence-corrected chi connectivity index (χ4v) is 2.36. The van der Waals surface area contributed by atoms with E-state index in [9.17, 15) is 0 Å². The molecule has 20 heavy (non-hydrogen) atoms. The summed E-state index contributed by atoms with van der Waals surface area (Å²) in [4.78, 5) is 0. The van der Waals surface area contributed by atoms with Crippen molar-refractivity contribution in [2.75, 3.05) is 7.11 Å². The maximum Gasteiger partial charge on any atom is 0.488 e. The Labute approximate surface area is 122 Å². The maximum atomic E-state index is 6.06. The molecular formula is C16H25BO3. The zero-order valence-corrected chi connectivity index (χ0v) is 13.2. The summed E-state index contributed by atoms with van der Waals surface area (Å²) in [5.41, 5.74) is 0.702. The van der Waals surface area contributed by atoms with E-state index in [0.717, 1.165) is 12.8 Å². The first-order valence-electron chi connectivity index (χ1n) is 7.28. The SMILES string of the molecule is COC(CCc1ccccc1)B1OC(C)(C)C(C)(C)O1. The fraction of sp³-hybridized carbons (Fsp3) is 0.625. The average molecular weight is 276 g/mol. The molecule has 4 heteroatoms. The lowest BCUT2D eigenvalue weighted by Gasteiger charge is -2.32. The lowest BCUT2D eigenvalue weighted by atomic mass is 9.77. The maximum absolute atomic E-state index is 6.06. The van der Waals surface area contributed by atoms with Crippen molar-refractivity contribution in [1.82, 2.24) is 0 Å². The molecule has 0 aromatic heterocycles. The lowest BCUT2D eigenvalue weighted by molar-refractivity contribution is 0.00578. The van der Waals surface area contributed by atoms with Crippen molar-refractivity contribution < 1.29 is 14.0 Å². The van der Waals surface area contributed by atoms with Gasteiger partial charge in [-0.05, 0) is 46.1 Å². The molecule has 0 aliphatic carbocycles. The number of hydrogen-bond acceptors (Lipinski definition) is 3. The van der Waals surface area contributed by atoms with E-state index in [1.54, 1.807) is 7.11 Å². The molecule has 0 radical (unpaired) electrons. The zero-order chi connectivity index (χ0) is 14.8. The smallest absolute Gasteiger partial charge is 0.402 e. The second-order valence-electron chi connectivity index (χ2n) is 6.42. The summed E-state index contributed by atoms with van der Waals surface area (Å²) in [6.07, 6.45) is 1.85. The van der Waals surface area contributed by atoms with Crippen LogP contribution in [0.5, 0.6) is 0 Å². The number of aryl methyl sites for hydroxylation is 1. The molecular weight excluding hydrogens is 251 g/mol. The summed E-state index contributed by atoms with van der Waals surface area (Å²) in [6, 6.07) is 10.4. The number of rotatable bonds is 5. The number of benzene rings is 1. The highest BCUT2D eigenvalue weighted by atomic mass is 16.7.